The molecule has 1 heterocycles. The highest BCUT2D eigenvalue weighted by atomic mass is 79.9. The number of benzene rings is 2. The topological polar surface area (TPSA) is 75.7 Å². The van der Waals surface area contributed by atoms with E-state index in [2.05, 4.69) is 38.3 Å². The van der Waals surface area contributed by atoms with Gasteiger partial charge in [0, 0.05) is 30.7 Å². The molecule has 1 aliphatic heterocycles. The van der Waals surface area contributed by atoms with Gasteiger partial charge in [0.15, 0.2) is 9.84 Å². The molecule has 1 fully saturated rings. The highest BCUT2D eigenvalue weighted by molar-refractivity contribution is 9.10. The van der Waals surface area contributed by atoms with E-state index >= 15 is 0 Å². The van der Waals surface area contributed by atoms with Crippen molar-refractivity contribution in [3.05, 3.63) is 64.6 Å². The molecule has 1 saturated heterocycles. The predicted octanol–water partition coefficient (Wildman–Crippen LogP) is 3.02. The molecule has 30 heavy (non-hydrogen) atoms. The Kier molecular flexibility index (Phi) is 7.34. The van der Waals surface area contributed by atoms with Crippen LogP contribution in [0.1, 0.15) is 19.4 Å². The molecule has 1 unspecified atom stereocenters. The van der Waals surface area contributed by atoms with Gasteiger partial charge >= 0.3 is 0 Å². The minimum absolute atomic E-state index is 0.119. The fraction of sp³-hybridized carbons (Fsp3) is 0.409. The quantitative estimate of drug-likeness (QED) is 0.640. The Hall–Kier alpha value is -1.74. The molecule has 0 saturated carbocycles. The van der Waals surface area contributed by atoms with Gasteiger partial charge in [-0.05, 0) is 43.7 Å². The third-order valence-corrected chi connectivity index (χ3v) is 8.26. The molecule has 1 atom stereocenters. The van der Waals surface area contributed by atoms with E-state index in [-0.39, 0.29) is 17.5 Å². The van der Waals surface area contributed by atoms with Crippen LogP contribution in [0.5, 0.6) is 0 Å². The number of sulfone groups is 1. The average Bonchev–Trinajstić information content (AvgIpc) is 2.73. The largest absolute Gasteiger partial charge is 0.374 e. The molecule has 6 nitrogen and oxygen atoms in total. The fourth-order valence-electron chi connectivity index (χ4n) is 3.34. The number of hydrogen-bond acceptors (Lipinski definition) is 5. The molecule has 1 amide bonds. The van der Waals surface area contributed by atoms with Gasteiger partial charge in [0.25, 0.3) is 0 Å². The predicted molar refractivity (Wildman–Crippen MR) is 120 cm³/mol. The summed E-state index contributed by atoms with van der Waals surface area (Å²) in [6, 6.07) is 16.5. The van der Waals surface area contributed by atoms with Gasteiger partial charge < -0.3 is 10.1 Å². The second-order valence-electron chi connectivity index (χ2n) is 7.89. The van der Waals surface area contributed by atoms with Crippen molar-refractivity contribution in [3.63, 3.8) is 0 Å². The Bertz CT molecular complexity index is 962. The summed E-state index contributed by atoms with van der Waals surface area (Å²) >= 11 is 3.29. The maximum absolute atomic E-state index is 13.0. The van der Waals surface area contributed by atoms with E-state index in [0.717, 1.165) is 17.6 Å². The lowest BCUT2D eigenvalue weighted by Gasteiger charge is -2.33. The summed E-state index contributed by atoms with van der Waals surface area (Å²) in [4.78, 5) is 15.2. The number of nitrogens with zero attached hydrogens (tertiary/aromatic N) is 1. The zero-order chi connectivity index (χ0) is 21.8. The van der Waals surface area contributed by atoms with Crippen LogP contribution >= 0.6 is 15.9 Å². The van der Waals surface area contributed by atoms with Crippen molar-refractivity contribution in [2.45, 2.75) is 36.1 Å². The van der Waals surface area contributed by atoms with E-state index < -0.39 is 20.5 Å². The molecule has 2 aromatic rings. The highest BCUT2D eigenvalue weighted by Gasteiger charge is 2.43. The molecule has 0 spiro atoms. The Morgan fingerprint density at radius 2 is 1.83 bits per heavy atom. The molecule has 2 aromatic carbocycles. The van der Waals surface area contributed by atoms with Gasteiger partial charge in [-0.3, -0.25) is 9.69 Å². The van der Waals surface area contributed by atoms with E-state index in [4.69, 9.17) is 4.74 Å². The lowest BCUT2D eigenvalue weighted by atomic mass is 10.1. The van der Waals surface area contributed by atoms with E-state index in [0.29, 0.717) is 13.2 Å². The number of nitrogens with one attached hydrogen (secondary N) is 1. The van der Waals surface area contributed by atoms with Crippen molar-refractivity contribution in [3.8, 4) is 0 Å². The van der Waals surface area contributed by atoms with Crippen LogP contribution in [-0.2, 0) is 25.9 Å². The zero-order valence-electron chi connectivity index (χ0n) is 17.2. The number of halogens is 1. The molecule has 1 N–H and O–H groups in total. The maximum Gasteiger partial charge on any atom is 0.241 e. The second-order valence-corrected chi connectivity index (χ2v) is 11.3. The Labute approximate surface area is 186 Å². The molecule has 162 valence electrons. The smallest absolute Gasteiger partial charge is 0.241 e. The standard InChI is InChI=1S/C22H27BrN2O4S/c1-22(2,30(27,28)20-10-8-18(23)9-11-20)21(26)24-14-19-16-25(12-13-29-19)15-17-6-4-3-5-7-17/h3-11,19H,12-16H2,1-2H3,(H,24,26). The number of carbonyl (C=O) groups is 1. The molecule has 3 rings (SSSR count). The number of carbonyl (C=O) groups excluding carboxylic acids is 1. The molecule has 0 bridgehead atoms. The Balaban J connectivity index is 1.59. The van der Waals surface area contributed by atoms with Gasteiger partial charge in [-0.25, -0.2) is 8.42 Å². The van der Waals surface area contributed by atoms with Crippen LogP contribution in [-0.4, -0.2) is 56.3 Å². The normalized spacial score (nSPS) is 18.2. The first-order chi connectivity index (χ1) is 14.2. The van der Waals surface area contributed by atoms with Gasteiger partial charge in [0.1, 0.15) is 4.75 Å². The van der Waals surface area contributed by atoms with E-state index in [1.807, 2.05) is 18.2 Å². The van der Waals surface area contributed by atoms with Crippen LogP contribution in [0.3, 0.4) is 0 Å². The van der Waals surface area contributed by atoms with Gasteiger partial charge in [0.2, 0.25) is 5.91 Å². The zero-order valence-corrected chi connectivity index (χ0v) is 19.6. The van der Waals surface area contributed by atoms with E-state index in [1.54, 1.807) is 12.1 Å². The summed E-state index contributed by atoms with van der Waals surface area (Å²) in [6.07, 6.45) is -0.183. The Morgan fingerprint density at radius 3 is 2.50 bits per heavy atom. The summed E-state index contributed by atoms with van der Waals surface area (Å²) < 4.78 is 31.0. The SMILES string of the molecule is CC(C)(C(=O)NCC1CN(Cc2ccccc2)CCO1)S(=O)(=O)c1ccc(Br)cc1. The van der Waals surface area contributed by atoms with Gasteiger partial charge in [-0.2, -0.15) is 0 Å². The summed E-state index contributed by atoms with van der Waals surface area (Å²) in [6.45, 7) is 6.03. The minimum Gasteiger partial charge on any atom is -0.374 e. The van der Waals surface area contributed by atoms with E-state index in [9.17, 15) is 13.2 Å². The maximum atomic E-state index is 13.0. The fourth-order valence-corrected chi connectivity index (χ4v) is 5.00. The number of amides is 1. The average molecular weight is 495 g/mol. The van der Waals surface area contributed by atoms with Crippen molar-refractivity contribution in [1.29, 1.82) is 0 Å². The van der Waals surface area contributed by atoms with Crippen LogP contribution < -0.4 is 5.32 Å². The summed E-state index contributed by atoms with van der Waals surface area (Å²) in [5.74, 6) is -0.533. The molecular weight excluding hydrogens is 468 g/mol. The van der Waals surface area contributed by atoms with Crippen LogP contribution in [0.15, 0.2) is 64.0 Å². The Morgan fingerprint density at radius 1 is 1.17 bits per heavy atom. The number of ether oxygens (including phenoxy) is 1. The number of hydrogen-bond donors (Lipinski definition) is 1. The molecular formula is C22H27BrN2O4S. The minimum atomic E-state index is -3.84. The van der Waals surface area contributed by atoms with Crippen molar-refractivity contribution >= 4 is 31.7 Å². The van der Waals surface area contributed by atoms with Gasteiger partial charge in [-0.1, -0.05) is 46.3 Å². The molecule has 0 aromatic heterocycles. The first-order valence-electron chi connectivity index (χ1n) is 9.86. The monoisotopic (exact) mass is 494 g/mol. The summed E-state index contributed by atoms with van der Waals surface area (Å²) in [5, 5.41) is 2.79. The molecule has 1 aliphatic rings. The van der Waals surface area contributed by atoms with Gasteiger partial charge in [0.05, 0.1) is 17.6 Å². The third kappa shape index (κ3) is 5.29. The first-order valence-corrected chi connectivity index (χ1v) is 12.1. The number of morpholine rings is 1. The summed E-state index contributed by atoms with van der Waals surface area (Å²) in [7, 11) is -3.84. The molecule has 0 aliphatic carbocycles. The molecule has 0 radical (unpaired) electrons. The van der Waals surface area contributed by atoms with Crippen LogP contribution in [0.4, 0.5) is 0 Å². The van der Waals surface area contributed by atoms with Crippen molar-refractivity contribution in [2.24, 2.45) is 0 Å². The summed E-state index contributed by atoms with van der Waals surface area (Å²) in [5.41, 5.74) is 1.23. The van der Waals surface area contributed by atoms with Crippen LogP contribution in [0.25, 0.3) is 0 Å². The van der Waals surface area contributed by atoms with Crippen LogP contribution in [0, 0.1) is 0 Å². The molecule has 8 heteroatoms. The third-order valence-electron chi connectivity index (χ3n) is 5.30. The van der Waals surface area contributed by atoms with Crippen molar-refractivity contribution < 1.29 is 17.9 Å². The second kappa shape index (κ2) is 9.60. The van der Waals surface area contributed by atoms with Gasteiger partial charge in [-0.15, -0.1) is 0 Å². The van der Waals surface area contributed by atoms with E-state index in [1.165, 1.54) is 31.5 Å². The number of rotatable bonds is 7. The van der Waals surface area contributed by atoms with Crippen molar-refractivity contribution in [2.75, 3.05) is 26.2 Å². The lowest BCUT2D eigenvalue weighted by Crippen LogP contribution is -2.52. The highest BCUT2D eigenvalue weighted by Crippen LogP contribution is 2.27. The van der Waals surface area contributed by atoms with Crippen molar-refractivity contribution in [1.82, 2.24) is 10.2 Å². The van der Waals surface area contributed by atoms with Crippen LogP contribution in [0.2, 0.25) is 0 Å². The lowest BCUT2D eigenvalue weighted by molar-refractivity contribution is -0.124. The first kappa shape index (κ1) is 22.9.